The number of hydrogen-bond donors (Lipinski definition) is 3. The number of carbonyl (C=O) groups is 1. The van der Waals surface area contributed by atoms with Crippen molar-refractivity contribution in [3.63, 3.8) is 0 Å². The Labute approximate surface area is 234 Å². The van der Waals surface area contributed by atoms with Crippen molar-refractivity contribution in [2.75, 3.05) is 17.7 Å². The molecule has 204 valence electrons. The summed E-state index contributed by atoms with van der Waals surface area (Å²) in [5.74, 6) is 2.23. The molecule has 1 aromatic heterocycles. The van der Waals surface area contributed by atoms with Crippen LogP contribution in [0.1, 0.15) is 72.7 Å². The van der Waals surface area contributed by atoms with Crippen molar-refractivity contribution in [2.24, 2.45) is 23.7 Å². The fourth-order valence-corrected chi connectivity index (χ4v) is 10.8. The molecular formula is C28H35N3O4S3. The minimum Gasteiger partial charge on any atom is -0.465 e. The summed E-state index contributed by atoms with van der Waals surface area (Å²) >= 11 is 7.10. The minimum atomic E-state index is -3.62. The van der Waals surface area contributed by atoms with E-state index >= 15 is 0 Å². The number of thiophene rings is 1. The molecule has 4 fully saturated rings. The number of benzene rings is 1. The molecule has 0 saturated heterocycles. The Bertz CT molecular complexity index is 1330. The molecule has 3 N–H and O–H groups in total. The van der Waals surface area contributed by atoms with Crippen LogP contribution in [0.4, 0.5) is 10.7 Å². The van der Waals surface area contributed by atoms with E-state index in [-0.39, 0.29) is 16.4 Å². The predicted molar refractivity (Wildman–Crippen MR) is 154 cm³/mol. The Morgan fingerprint density at radius 1 is 1.05 bits per heavy atom. The van der Waals surface area contributed by atoms with Crippen LogP contribution in [0.25, 0.3) is 0 Å². The van der Waals surface area contributed by atoms with Gasteiger partial charge in [-0.1, -0.05) is 6.92 Å². The Morgan fingerprint density at radius 3 is 2.29 bits per heavy atom. The molecule has 7 nitrogen and oxygen atoms in total. The fraction of sp³-hybridized carbons (Fsp3) is 0.571. The van der Waals surface area contributed by atoms with Crippen molar-refractivity contribution in [2.45, 2.75) is 75.1 Å². The number of nitrogens with one attached hydrogen (secondary N) is 3. The first-order valence-corrected chi connectivity index (χ1v) is 16.3. The van der Waals surface area contributed by atoms with Gasteiger partial charge in [0.15, 0.2) is 5.11 Å². The van der Waals surface area contributed by atoms with Crippen molar-refractivity contribution in [3.8, 4) is 0 Å². The standard InChI is InChI=1S/C28H35N3O4S3/c1-16-3-8-22-23(9-16)37-25(24(22)26(32)35-2)30-27(36)29-20-4-6-21(7-5-20)38(33,34)31-28-13-17-10-18(14-28)12-19(11-17)15-28/h4-7,16-19,31H,3,8-15H2,1-2H3,(H2,29,30,36). The summed E-state index contributed by atoms with van der Waals surface area (Å²) in [6.45, 7) is 2.22. The second kappa shape index (κ2) is 9.87. The molecule has 4 saturated carbocycles. The molecule has 5 aliphatic rings. The Kier molecular flexibility index (Phi) is 6.81. The quantitative estimate of drug-likeness (QED) is 0.301. The van der Waals surface area contributed by atoms with Gasteiger partial charge in [-0.2, -0.15) is 0 Å². The Hall–Kier alpha value is -2.01. The van der Waals surface area contributed by atoms with Crippen LogP contribution in [0.2, 0.25) is 0 Å². The summed E-state index contributed by atoms with van der Waals surface area (Å²) in [4.78, 5) is 14.0. The largest absolute Gasteiger partial charge is 0.465 e. The number of esters is 1. The van der Waals surface area contributed by atoms with Gasteiger partial charge in [-0.05, 0) is 124 Å². The summed E-state index contributed by atoms with van der Waals surface area (Å²) in [5.41, 5.74) is 2.03. The molecule has 0 radical (unpaired) electrons. The average Bonchev–Trinajstić information content (AvgIpc) is 3.18. The molecule has 38 heavy (non-hydrogen) atoms. The zero-order valence-electron chi connectivity index (χ0n) is 21.8. The molecule has 7 rings (SSSR count). The smallest absolute Gasteiger partial charge is 0.341 e. The van der Waals surface area contributed by atoms with Crippen LogP contribution < -0.4 is 15.4 Å². The van der Waals surface area contributed by atoms with Crippen LogP contribution in [0.5, 0.6) is 0 Å². The van der Waals surface area contributed by atoms with E-state index in [0.717, 1.165) is 44.1 Å². The molecular weight excluding hydrogens is 539 g/mol. The number of thiocarbonyl (C=S) groups is 1. The molecule has 10 heteroatoms. The van der Waals surface area contributed by atoms with Crippen LogP contribution in [-0.2, 0) is 27.6 Å². The second-order valence-electron chi connectivity index (χ2n) is 12.0. The van der Waals surface area contributed by atoms with Crippen molar-refractivity contribution in [3.05, 3.63) is 40.3 Å². The van der Waals surface area contributed by atoms with E-state index in [1.807, 2.05) is 0 Å². The van der Waals surface area contributed by atoms with Crippen LogP contribution in [-0.4, -0.2) is 32.1 Å². The second-order valence-corrected chi connectivity index (χ2v) is 15.2. The predicted octanol–water partition coefficient (Wildman–Crippen LogP) is 5.72. The maximum absolute atomic E-state index is 13.3. The van der Waals surface area contributed by atoms with E-state index in [4.69, 9.17) is 17.0 Å². The highest BCUT2D eigenvalue weighted by Crippen LogP contribution is 2.56. The Morgan fingerprint density at radius 2 is 1.68 bits per heavy atom. The normalized spacial score (nSPS) is 29.5. The average molecular weight is 574 g/mol. The molecule has 4 bridgehead atoms. The topological polar surface area (TPSA) is 96.5 Å². The third kappa shape index (κ3) is 5.00. The zero-order valence-corrected chi connectivity index (χ0v) is 24.3. The molecule has 0 spiro atoms. The van der Waals surface area contributed by atoms with E-state index in [1.54, 1.807) is 35.6 Å². The number of sulfonamides is 1. The molecule has 1 aromatic carbocycles. The number of carbonyl (C=O) groups excluding carboxylic acids is 1. The molecule has 0 aliphatic heterocycles. The van der Waals surface area contributed by atoms with Crippen molar-refractivity contribution in [1.29, 1.82) is 0 Å². The van der Waals surface area contributed by atoms with E-state index < -0.39 is 10.0 Å². The van der Waals surface area contributed by atoms with Crippen LogP contribution in [0.3, 0.4) is 0 Å². The van der Waals surface area contributed by atoms with Crippen molar-refractivity contribution < 1.29 is 17.9 Å². The third-order valence-electron chi connectivity index (χ3n) is 8.94. The molecule has 5 aliphatic carbocycles. The van der Waals surface area contributed by atoms with E-state index in [9.17, 15) is 13.2 Å². The van der Waals surface area contributed by atoms with Crippen molar-refractivity contribution >= 4 is 55.3 Å². The summed E-state index contributed by atoms with van der Waals surface area (Å²) in [6.07, 6.45) is 9.55. The summed E-state index contributed by atoms with van der Waals surface area (Å²) in [6, 6.07) is 6.70. The third-order valence-corrected chi connectivity index (χ3v) is 11.9. The van der Waals surface area contributed by atoms with E-state index in [1.165, 1.54) is 31.2 Å². The number of fused-ring (bicyclic) bond motifs is 1. The van der Waals surface area contributed by atoms with Gasteiger partial charge in [-0.15, -0.1) is 11.3 Å². The Balaban J connectivity index is 1.13. The first kappa shape index (κ1) is 26.2. The lowest BCUT2D eigenvalue weighted by atomic mass is 9.53. The minimum absolute atomic E-state index is 0.269. The molecule has 2 aromatic rings. The number of anilines is 2. The lowest BCUT2D eigenvalue weighted by Gasteiger charge is -2.56. The van der Waals surface area contributed by atoms with Gasteiger partial charge in [0.05, 0.1) is 17.6 Å². The SMILES string of the molecule is COC(=O)c1c(NC(=S)Nc2ccc(S(=O)(=O)NC34CC5CC(CC(C5)C3)C4)cc2)sc2c1CCC(C)C2. The van der Waals surface area contributed by atoms with Crippen LogP contribution in [0, 0.1) is 23.7 Å². The number of ether oxygens (including phenoxy) is 1. The maximum atomic E-state index is 13.3. The highest BCUT2D eigenvalue weighted by molar-refractivity contribution is 7.89. The molecule has 0 amide bonds. The first-order chi connectivity index (χ1) is 18.1. The van der Waals surface area contributed by atoms with Gasteiger partial charge >= 0.3 is 5.97 Å². The first-order valence-electron chi connectivity index (χ1n) is 13.6. The maximum Gasteiger partial charge on any atom is 0.341 e. The van der Waals surface area contributed by atoms with E-state index in [2.05, 4.69) is 22.3 Å². The lowest BCUT2D eigenvalue weighted by molar-refractivity contribution is -0.00810. The number of hydrogen-bond acceptors (Lipinski definition) is 6. The monoisotopic (exact) mass is 573 g/mol. The highest BCUT2D eigenvalue weighted by Gasteiger charge is 2.52. The summed E-state index contributed by atoms with van der Waals surface area (Å²) < 4.78 is 34.8. The fourth-order valence-electron chi connectivity index (χ4n) is 7.72. The molecule has 1 unspecified atom stereocenters. The summed E-state index contributed by atoms with van der Waals surface area (Å²) in [7, 11) is -2.22. The van der Waals surface area contributed by atoms with Gasteiger partial charge in [0.1, 0.15) is 5.00 Å². The van der Waals surface area contributed by atoms with Crippen molar-refractivity contribution in [1.82, 2.24) is 4.72 Å². The van der Waals surface area contributed by atoms with Gasteiger partial charge < -0.3 is 15.4 Å². The van der Waals surface area contributed by atoms with Crippen LogP contribution in [0.15, 0.2) is 29.2 Å². The van der Waals surface area contributed by atoms with Gasteiger partial charge in [0, 0.05) is 16.1 Å². The lowest BCUT2D eigenvalue weighted by Crippen LogP contribution is -2.59. The zero-order chi connectivity index (χ0) is 26.7. The van der Waals surface area contributed by atoms with Gasteiger partial charge in [-0.25, -0.2) is 17.9 Å². The van der Waals surface area contributed by atoms with Gasteiger partial charge in [-0.3, -0.25) is 0 Å². The van der Waals surface area contributed by atoms with Crippen LogP contribution >= 0.6 is 23.6 Å². The van der Waals surface area contributed by atoms with Gasteiger partial charge in [0.2, 0.25) is 10.0 Å². The van der Waals surface area contributed by atoms with E-state index in [0.29, 0.717) is 45.0 Å². The highest BCUT2D eigenvalue weighted by atomic mass is 32.2. The molecule has 1 atom stereocenters. The molecule has 1 heterocycles. The van der Waals surface area contributed by atoms with Gasteiger partial charge in [0.25, 0.3) is 0 Å². The summed E-state index contributed by atoms with van der Waals surface area (Å²) in [5, 5.41) is 7.34. The number of rotatable bonds is 6. The number of methoxy groups -OCH3 is 1.